The highest BCUT2D eigenvalue weighted by Crippen LogP contribution is 2.48. The van der Waals surface area contributed by atoms with Crippen molar-refractivity contribution in [3.63, 3.8) is 0 Å². The van der Waals surface area contributed by atoms with Crippen LogP contribution in [0.25, 0.3) is 0 Å². The first kappa shape index (κ1) is 22.2. The number of ether oxygens (including phenoxy) is 1. The number of benzene rings is 1. The molecule has 3 N–H and O–H groups in total. The molecular weight excluding hydrogens is 384 g/mol. The zero-order chi connectivity index (χ0) is 21.9. The Bertz CT molecular complexity index is 767. The van der Waals surface area contributed by atoms with Crippen LogP contribution in [-0.4, -0.2) is 46.8 Å². The molecule has 1 heterocycles. The molecular formula is C23H34N2O5. The number of carboxylic acid groups (broad SMARTS) is 1. The number of carbonyl (C=O) groups excluding carboxylic acids is 1. The molecule has 30 heavy (non-hydrogen) atoms. The third kappa shape index (κ3) is 4.35. The summed E-state index contributed by atoms with van der Waals surface area (Å²) in [6.07, 6.45) is 5.55. The van der Waals surface area contributed by atoms with Crippen LogP contribution in [0.2, 0.25) is 0 Å². The molecule has 0 bridgehead atoms. The maximum absolute atomic E-state index is 12.9. The molecule has 1 saturated carbocycles. The van der Waals surface area contributed by atoms with Gasteiger partial charge in [-0.05, 0) is 54.7 Å². The second-order valence-corrected chi connectivity index (χ2v) is 8.80. The molecule has 0 spiro atoms. The summed E-state index contributed by atoms with van der Waals surface area (Å²) in [7, 11) is 1.48. The molecule has 1 aromatic carbocycles. The van der Waals surface area contributed by atoms with Gasteiger partial charge in [0.05, 0.1) is 19.1 Å². The maximum atomic E-state index is 12.9. The minimum absolute atomic E-state index is 0.0521. The van der Waals surface area contributed by atoms with Gasteiger partial charge in [-0.15, -0.1) is 0 Å². The Morgan fingerprint density at radius 2 is 1.90 bits per heavy atom. The third-order valence-electron chi connectivity index (χ3n) is 7.53. The molecule has 1 saturated heterocycles. The van der Waals surface area contributed by atoms with Crippen LogP contribution in [0, 0.1) is 17.3 Å². The van der Waals surface area contributed by atoms with E-state index in [4.69, 9.17) is 4.74 Å². The molecule has 1 aliphatic heterocycles. The lowest BCUT2D eigenvalue weighted by Crippen LogP contribution is -2.65. The van der Waals surface area contributed by atoms with Gasteiger partial charge in [0.2, 0.25) is 5.91 Å². The Hall–Kier alpha value is -2.44. The molecule has 0 radical (unpaired) electrons. The normalized spacial score (nSPS) is 23.5. The number of phenolic OH excluding ortho intramolecular Hbond substituents is 1. The molecule has 7 nitrogen and oxygen atoms in total. The van der Waals surface area contributed by atoms with Gasteiger partial charge < -0.3 is 25.2 Å². The Morgan fingerprint density at radius 1 is 1.23 bits per heavy atom. The Morgan fingerprint density at radius 3 is 2.47 bits per heavy atom. The quantitative estimate of drug-likeness (QED) is 0.622. The Balaban J connectivity index is 1.63. The van der Waals surface area contributed by atoms with Crippen molar-refractivity contribution in [2.24, 2.45) is 17.3 Å². The lowest BCUT2D eigenvalue weighted by molar-refractivity contribution is -0.136. The second kappa shape index (κ2) is 9.14. The van der Waals surface area contributed by atoms with E-state index in [0.29, 0.717) is 17.7 Å². The zero-order valence-electron chi connectivity index (χ0n) is 18.2. The highest BCUT2D eigenvalue weighted by molar-refractivity contribution is 5.83. The fourth-order valence-electron chi connectivity index (χ4n) is 5.25. The van der Waals surface area contributed by atoms with E-state index in [1.165, 1.54) is 18.1 Å². The van der Waals surface area contributed by atoms with Crippen molar-refractivity contribution in [1.29, 1.82) is 0 Å². The zero-order valence-corrected chi connectivity index (χ0v) is 18.2. The van der Waals surface area contributed by atoms with E-state index in [2.05, 4.69) is 19.2 Å². The van der Waals surface area contributed by atoms with E-state index >= 15 is 0 Å². The van der Waals surface area contributed by atoms with Crippen molar-refractivity contribution in [3.8, 4) is 11.5 Å². The number of amides is 2. The van der Waals surface area contributed by atoms with E-state index in [1.54, 1.807) is 12.1 Å². The number of hydrogen-bond donors (Lipinski definition) is 3. The molecule has 1 aromatic rings. The van der Waals surface area contributed by atoms with Gasteiger partial charge in [-0.25, -0.2) is 4.79 Å². The van der Waals surface area contributed by atoms with Gasteiger partial charge in [-0.3, -0.25) is 4.79 Å². The molecule has 2 amide bonds. The predicted molar refractivity (Wildman–Crippen MR) is 113 cm³/mol. The summed E-state index contributed by atoms with van der Waals surface area (Å²) in [5.41, 5.74) is 1.20. The van der Waals surface area contributed by atoms with E-state index in [9.17, 15) is 19.8 Å². The van der Waals surface area contributed by atoms with Crippen molar-refractivity contribution in [2.45, 2.75) is 65.0 Å². The average molecular weight is 419 g/mol. The van der Waals surface area contributed by atoms with Crippen LogP contribution in [0.4, 0.5) is 4.79 Å². The molecule has 2 fully saturated rings. The van der Waals surface area contributed by atoms with E-state index in [0.717, 1.165) is 44.1 Å². The second-order valence-electron chi connectivity index (χ2n) is 8.80. The number of hydrogen-bond acceptors (Lipinski definition) is 4. The van der Waals surface area contributed by atoms with Gasteiger partial charge >= 0.3 is 6.09 Å². The number of nitrogens with one attached hydrogen (secondary N) is 1. The molecule has 2 aliphatic rings. The van der Waals surface area contributed by atoms with Crippen molar-refractivity contribution < 1.29 is 24.5 Å². The summed E-state index contributed by atoms with van der Waals surface area (Å²) < 4.78 is 5.11. The van der Waals surface area contributed by atoms with Crippen molar-refractivity contribution in [2.75, 3.05) is 13.7 Å². The molecule has 166 valence electrons. The summed E-state index contributed by atoms with van der Waals surface area (Å²) in [6.45, 7) is 5.05. The van der Waals surface area contributed by atoms with Gasteiger partial charge in [0.1, 0.15) is 0 Å². The van der Waals surface area contributed by atoms with Crippen LogP contribution >= 0.6 is 0 Å². The van der Waals surface area contributed by atoms with E-state index < -0.39 is 6.09 Å². The lowest BCUT2D eigenvalue weighted by atomic mass is 9.63. The summed E-state index contributed by atoms with van der Waals surface area (Å²) in [5, 5.41) is 22.2. The summed E-state index contributed by atoms with van der Waals surface area (Å²) >= 11 is 0. The van der Waals surface area contributed by atoms with Crippen LogP contribution in [0.5, 0.6) is 11.5 Å². The lowest BCUT2D eigenvalue weighted by Gasteiger charge is -2.52. The fraction of sp³-hybridized carbons (Fsp3) is 0.652. The monoisotopic (exact) mass is 418 g/mol. The molecule has 0 aromatic heterocycles. The minimum atomic E-state index is -0.935. The predicted octanol–water partition coefficient (Wildman–Crippen LogP) is 3.99. The minimum Gasteiger partial charge on any atom is -0.504 e. The Labute approximate surface area is 178 Å². The first-order chi connectivity index (χ1) is 14.3. The highest BCUT2D eigenvalue weighted by Gasteiger charge is 2.51. The van der Waals surface area contributed by atoms with E-state index in [-0.39, 0.29) is 36.1 Å². The number of phenols is 1. The highest BCUT2D eigenvalue weighted by atomic mass is 16.5. The van der Waals surface area contributed by atoms with Crippen molar-refractivity contribution in [1.82, 2.24) is 10.2 Å². The van der Waals surface area contributed by atoms with E-state index in [1.807, 2.05) is 0 Å². The first-order valence-electron chi connectivity index (χ1n) is 11.0. The van der Waals surface area contributed by atoms with Crippen molar-refractivity contribution >= 4 is 12.0 Å². The van der Waals surface area contributed by atoms with Crippen LogP contribution in [0.1, 0.15) is 57.9 Å². The van der Waals surface area contributed by atoms with Crippen LogP contribution < -0.4 is 10.1 Å². The first-order valence-corrected chi connectivity index (χ1v) is 11.0. The Kier molecular flexibility index (Phi) is 6.78. The van der Waals surface area contributed by atoms with Gasteiger partial charge in [0.25, 0.3) is 0 Å². The number of nitrogens with zero attached hydrogens (tertiary/aromatic N) is 1. The fourth-order valence-corrected chi connectivity index (χ4v) is 5.25. The summed E-state index contributed by atoms with van der Waals surface area (Å²) in [5.74, 6) is 0.243. The average Bonchev–Trinajstić information content (AvgIpc) is 2.73. The largest absolute Gasteiger partial charge is 0.504 e. The topological polar surface area (TPSA) is 99.1 Å². The molecule has 2 unspecified atom stereocenters. The number of methoxy groups -OCH3 is 1. The number of likely N-dealkylation sites (tertiary alicyclic amines) is 1. The number of carbonyl (C=O) groups is 2. The van der Waals surface area contributed by atoms with Crippen LogP contribution in [0.3, 0.4) is 0 Å². The third-order valence-corrected chi connectivity index (χ3v) is 7.53. The standard InChI is InChI=1S/C23H34N2O5/c1-4-23(5-2)10-8-16(9-11-23)20-17(14-25(20)22(28)29)21(27)24-13-15-6-7-18(26)19(12-15)30-3/h6-7,12,16-17,20,26H,4-5,8-11,13-14H2,1-3H3,(H,24,27)(H,28,29). The van der Waals surface area contributed by atoms with Crippen LogP contribution in [-0.2, 0) is 11.3 Å². The summed E-state index contributed by atoms with van der Waals surface area (Å²) in [6, 6.07) is 4.72. The maximum Gasteiger partial charge on any atom is 0.407 e. The van der Waals surface area contributed by atoms with Crippen molar-refractivity contribution in [3.05, 3.63) is 23.8 Å². The van der Waals surface area contributed by atoms with Crippen LogP contribution in [0.15, 0.2) is 18.2 Å². The molecule has 7 heteroatoms. The van der Waals surface area contributed by atoms with Gasteiger partial charge in [-0.2, -0.15) is 0 Å². The summed E-state index contributed by atoms with van der Waals surface area (Å²) in [4.78, 5) is 26.0. The number of aromatic hydroxyl groups is 1. The number of rotatable bonds is 7. The van der Waals surface area contributed by atoms with Gasteiger partial charge in [-0.1, -0.05) is 32.8 Å². The SMILES string of the molecule is CCC1(CC)CCC(C2C(C(=O)NCc3ccc(O)c(OC)c3)CN2C(=O)O)CC1. The molecule has 3 rings (SSSR count). The van der Waals surface area contributed by atoms with Gasteiger partial charge in [0, 0.05) is 13.1 Å². The molecule has 1 aliphatic carbocycles. The smallest absolute Gasteiger partial charge is 0.407 e. The van der Waals surface area contributed by atoms with Gasteiger partial charge in [0.15, 0.2) is 11.5 Å². The molecule has 2 atom stereocenters.